The van der Waals surface area contributed by atoms with Crippen LogP contribution in [0.15, 0.2) is 66.9 Å². The predicted molar refractivity (Wildman–Crippen MR) is 183 cm³/mol. The quantitative estimate of drug-likeness (QED) is 0.211. The third-order valence-electron chi connectivity index (χ3n) is 10.3. The summed E-state index contributed by atoms with van der Waals surface area (Å²) in [7, 11) is 4.07. The Kier molecular flexibility index (Phi) is 9.97. The maximum absolute atomic E-state index is 13.7. The van der Waals surface area contributed by atoms with E-state index in [9.17, 15) is 27.9 Å². The first-order valence-electron chi connectivity index (χ1n) is 16.8. The molecule has 1 amide bonds. The van der Waals surface area contributed by atoms with Crippen LogP contribution in [0.4, 0.5) is 13.2 Å². The standard InChI is InChI=1S/C38H43F3N4O4/c1-37(16-13-26(14-17-37)45-19-20-49-23-33(45)38(39,40)41)36(48)43-32(35(46)47)21-24-7-4-10-29-27(24)9-6-12-31(29)34-30-11-5-8-25(22-44(2)3)28(30)15-18-42-34/h4-12,15,18,26,32-33H,13-14,16-17,19-23H2,1-3H3,(H,43,48)(H,46,47)/t26?,32-,33+,37?/m0/s1. The number of ether oxygens (including phenoxy) is 1. The van der Waals surface area contributed by atoms with Gasteiger partial charge in [0.1, 0.15) is 12.1 Å². The van der Waals surface area contributed by atoms with Crippen LogP contribution in [-0.2, 0) is 27.3 Å². The second-order valence-electron chi connectivity index (χ2n) is 14.0. The van der Waals surface area contributed by atoms with Crippen molar-refractivity contribution in [2.75, 3.05) is 33.9 Å². The molecule has 0 radical (unpaired) electrons. The number of benzene rings is 3. The van der Waals surface area contributed by atoms with Crippen LogP contribution in [0.2, 0.25) is 0 Å². The number of pyridine rings is 1. The Morgan fingerprint density at radius 1 is 1.00 bits per heavy atom. The summed E-state index contributed by atoms with van der Waals surface area (Å²) in [6.45, 7) is 2.62. The third-order valence-corrected chi connectivity index (χ3v) is 10.3. The Morgan fingerprint density at radius 3 is 2.35 bits per heavy atom. The lowest BCUT2D eigenvalue weighted by Gasteiger charge is -2.46. The molecule has 260 valence electrons. The Bertz CT molecular complexity index is 1840. The van der Waals surface area contributed by atoms with Crippen molar-refractivity contribution in [3.05, 3.63) is 78.0 Å². The van der Waals surface area contributed by atoms with E-state index in [1.165, 1.54) is 10.5 Å². The van der Waals surface area contributed by atoms with Crippen LogP contribution in [0.3, 0.4) is 0 Å². The highest BCUT2D eigenvalue weighted by molar-refractivity contribution is 6.05. The van der Waals surface area contributed by atoms with Gasteiger partial charge >= 0.3 is 12.1 Å². The molecule has 3 aromatic carbocycles. The van der Waals surface area contributed by atoms with Gasteiger partial charge in [0.15, 0.2) is 0 Å². The van der Waals surface area contributed by atoms with Gasteiger partial charge in [-0.25, -0.2) is 4.79 Å². The van der Waals surface area contributed by atoms with E-state index in [1.54, 1.807) is 6.92 Å². The molecule has 2 aliphatic rings. The summed E-state index contributed by atoms with van der Waals surface area (Å²) in [6.07, 6.45) is -0.945. The number of hydrogen-bond acceptors (Lipinski definition) is 6. The van der Waals surface area contributed by atoms with E-state index < -0.39 is 29.6 Å². The number of nitrogens with zero attached hydrogens (tertiary/aromatic N) is 3. The van der Waals surface area contributed by atoms with Gasteiger partial charge in [0, 0.05) is 48.1 Å². The lowest BCUT2D eigenvalue weighted by molar-refractivity contribution is -0.221. The van der Waals surface area contributed by atoms with E-state index in [0.29, 0.717) is 25.7 Å². The number of carbonyl (C=O) groups excluding carboxylic acids is 1. The molecule has 6 rings (SSSR count). The first kappa shape index (κ1) is 34.8. The van der Waals surface area contributed by atoms with E-state index in [0.717, 1.165) is 44.9 Å². The number of morpholine rings is 1. The van der Waals surface area contributed by atoms with Crippen LogP contribution in [0.25, 0.3) is 32.8 Å². The van der Waals surface area contributed by atoms with Gasteiger partial charge in [-0.05, 0) is 73.1 Å². The zero-order valence-electron chi connectivity index (χ0n) is 28.1. The molecule has 1 saturated carbocycles. The van der Waals surface area contributed by atoms with Crippen molar-refractivity contribution in [2.24, 2.45) is 5.41 Å². The molecule has 49 heavy (non-hydrogen) atoms. The van der Waals surface area contributed by atoms with Gasteiger partial charge in [-0.15, -0.1) is 0 Å². The van der Waals surface area contributed by atoms with E-state index in [1.807, 2.05) is 68.8 Å². The van der Waals surface area contributed by atoms with Crippen molar-refractivity contribution in [1.82, 2.24) is 20.1 Å². The minimum Gasteiger partial charge on any atom is -0.480 e. The average Bonchev–Trinajstić information content (AvgIpc) is 3.07. The van der Waals surface area contributed by atoms with Gasteiger partial charge in [-0.2, -0.15) is 13.2 Å². The molecule has 11 heteroatoms. The molecule has 0 bridgehead atoms. The number of hydrogen-bond donors (Lipinski definition) is 2. The highest BCUT2D eigenvalue weighted by atomic mass is 19.4. The fourth-order valence-electron chi connectivity index (χ4n) is 7.61. The molecule has 1 saturated heterocycles. The number of amides is 1. The molecule has 2 heterocycles. The van der Waals surface area contributed by atoms with E-state index >= 15 is 0 Å². The predicted octanol–water partition coefficient (Wildman–Crippen LogP) is 6.44. The number of aromatic nitrogens is 1. The summed E-state index contributed by atoms with van der Waals surface area (Å²) in [5, 5.41) is 17.0. The molecule has 2 fully saturated rings. The molecule has 2 N–H and O–H groups in total. The smallest absolute Gasteiger partial charge is 0.406 e. The minimum atomic E-state index is -4.39. The summed E-state index contributed by atoms with van der Waals surface area (Å²) >= 11 is 0. The molecule has 8 nitrogen and oxygen atoms in total. The number of carbonyl (C=O) groups is 2. The number of rotatable bonds is 9. The highest BCUT2D eigenvalue weighted by Crippen LogP contribution is 2.41. The summed E-state index contributed by atoms with van der Waals surface area (Å²) in [6, 6.07) is 16.8. The number of carboxylic acids is 1. The molecule has 1 aliphatic heterocycles. The van der Waals surface area contributed by atoms with E-state index in [4.69, 9.17) is 9.72 Å². The maximum atomic E-state index is 13.7. The average molecular weight is 677 g/mol. The molecular formula is C38H43F3N4O4. The number of nitrogens with one attached hydrogen (secondary N) is 1. The second-order valence-corrected chi connectivity index (χ2v) is 14.0. The van der Waals surface area contributed by atoms with E-state index in [-0.39, 0.29) is 38.1 Å². The van der Waals surface area contributed by atoms with Crippen molar-refractivity contribution in [3.8, 4) is 11.3 Å². The molecule has 1 aliphatic carbocycles. The summed E-state index contributed by atoms with van der Waals surface area (Å²) in [5.41, 5.74) is 2.86. The maximum Gasteiger partial charge on any atom is 0.406 e. The van der Waals surface area contributed by atoms with Crippen molar-refractivity contribution in [3.63, 3.8) is 0 Å². The van der Waals surface area contributed by atoms with Crippen molar-refractivity contribution < 1.29 is 32.6 Å². The molecule has 0 spiro atoms. The monoisotopic (exact) mass is 676 g/mol. The highest BCUT2D eigenvalue weighted by Gasteiger charge is 2.49. The SMILES string of the molecule is CN(C)Cc1cccc2c(-c3cccc4c(C[C@H](NC(=O)C5(C)CCC(N6CCOC[C@@H]6C(F)(F)F)CC5)C(=O)O)cccc34)nccc12. The Morgan fingerprint density at radius 2 is 1.65 bits per heavy atom. The van der Waals surface area contributed by atoms with Gasteiger partial charge < -0.3 is 20.1 Å². The van der Waals surface area contributed by atoms with Gasteiger partial charge in [0.2, 0.25) is 5.91 Å². The first-order chi connectivity index (χ1) is 23.4. The van der Waals surface area contributed by atoms with Crippen molar-refractivity contribution >= 4 is 33.4 Å². The van der Waals surface area contributed by atoms with Gasteiger partial charge in [-0.3, -0.25) is 14.7 Å². The molecule has 1 aromatic heterocycles. The lowest BCUT2D eigenvalue weighted by Crippen LogP contribution is -2.58. The van der Waals surface area contributed by atoms with Crippen LogP contribution in [0.5, 0.6) is 0 Å². The number of aliphatic carboxylic acids is 1. The van der Waals surface area contributed by atoms with Gasteiger partial charge in [-0.1, -0.05) is 61.5 Å². The van der Waals surface area contributed by atoms with Crippen LogP contribution < -0.4 is 5.32 Å². The Hall–Kier alpha value is -4.06. The number of alkyl halides is 3. The van der Waals surface area contributed by atoms with Crippen LogP contribution in [0.1, 0.15) is 43.7 Å². The third kappa shape index (κ3) is 7.29. The number of fused-ring (bicyclic) bond motifs is 2. The summed E-state index contributed by atoms with van der Waals surface area (Å²) < 4.78 is 46.2. The van der Waals surface area contributed by atoms with Crippen LogP contribution in [0, 0.1) is 5.41 Å². The lowest BCUT2D eigenvalue weighted by atomic mass is 9.72. The molecule has 0 unspecified atom stereocenters. The van der Waals surface area contributed by atoms with Gasteiger partial charge in [0.25, 0.3) is 0 Å². The summed E-state index contributed by atoms with van der Waals surface area (Å²) in [4.78, 5) is 34.6. The van der Waals surface area contributed by atoms with Crippen LogP contribution >= 0.6 is 0 Å². The fourth-order valence-corrected chi connectivity index (χ4v) is 7.61. The van der Waals surface area contributed by atoms with Gasteiger partial charge in [0.05, 0.1) is 18.9 Å². The topological polar surface area (TPSA) is 95.0 Å². The Labute approximate surface area is 284 Å². The molecule has 2 atom stereocenters. The van der Waals surface area contributed by atoms with Crippen molar-refractivity contribution in [1.29, 1.82) is 0 Å². The van der Waals surface area contributed by atoms with Crippen molar-refractivity contribution in [2.45, 2.75) is 69.9 Å². The largest absolute Gasteiger partial charge is 0.480 e. The minimum absolute atomic E-state index is 0.0670. The molecular weight excluding hydrogens is 633 g/mol. The number of carboxylic acid groups (broad SMARTS) is 1. The Balaban J connectivity index is 1.21. The first-order valence-corrected chi connectivity index (χ1v) is 16.8. The zero-order valence-corrected chi connectivity index (χ0v) is 28.1. The van der Waals surface area contributed by atoms with E-state index in [2.05, 4.69) is 22.3 Å². The van der Waals surface area contributed by atoms with Crippen LogP contribution in [-0.4, -0.2) is 89.9 Å². The fraction of sp³-hybridized carbons (Fsp3) is 0.447. The molecule has 4 aromatic rings. The number of halogens is 3. The second kappa shape index (κ2) is 14.0. The summed E-state index contributed by atoms with van der Waals surface area (Å²) in [5.74, 6) is -1.54. The normalized spacial score (nSPS) is 22.8. The zero-order chi connectivity index (χ0) is 34.9.